The van der Waals surface area contributed by atoms with Crippen molar-refractivity contribution in [1.82, 2.24) is 24.8 Å². The van der Waals surface area contributed by atoms with Crippen LogP contribution in [0.4, 0.5) is 0 Å². The molecule has 0 aliphatic heterocycles. The maximum absolute atomic E-state index is 5.95. The van der Waals surface area contributed by atoms with Gasteiger partial charge in [0.25, 0.3) is 0 Å². The van der Waals surface area contributed by atoms with Crippen molar-refractivity contribution in [2.45, 2.75) is 0 Å². The standard InChI is InChI=1S/C14H8ClN5/c15-12-6-7-13-17-18-14(20(13)19-12)10-3-1-5-11-9(10)4-2-8-16-11/h1-8H. The van der Waals surface area contributed by atoms with Crippen LogP contribution in [0, 0.1) is 0 Å². The molecule has 3 aromatic heterocycles. The molecule has 6 heteroatoms. The molecule has 5 nitrogen and oxygen atoms in total. The van der Waals surface area contributed by atoms with Crippen molar-refractivity contribution in [1.29, 1.82) is 0 Å². The second-order valence-electron chi connectivity index (χ2n) is 4.33. The molecule has 96 valence electrons. The SMILES string of the molecule is Clc1ccc2nnc(-c3cccc4ncccc34)n2n1. The van der Waals surface area contributed by atoms with Crippen molar-refractivity contribution in [2.75, 3.05) is 0 Å². The van der Waals surface area contributed by atoms with E-state index in [-0.39, 0.29) is 0 Å². The van der Waals surface area contributed by atoms with E-state index >= 15 is 0 Å². The van der Waals surface area contributed by atoms with Gasteiger partial charge in [-0.15, -0.1) is 10.2 Å². The first kappa shape index (κ1) is 11.3. The summed E-state index contributed by atoms with van der Waals surface area (Å²) in [4.78, 5) is 4.35. The lowest BCUT2D eigenvalue weighted by molar-refractivity contribution is 0.937. The molecular formula is C14H8ClN5. The molecular weight excluding hydrogens is 274 g/mol. The van der Waals surface area contributed by atoms with E-state index in [0.717, 1.165) is 16.5 Å². The predicted molar refractivity (Wildman–Crippen MR) is 76.5 cm³/mol. The Morgan fingerprint density at radius 3 is 2.85 bits per heavy atom. The van der Waals surface area contributed by atoms with Crippen molar-refractivity contribution in [3.8, 4) is 11.4 Å². The Kier molecular flexibility index (Phi) is 2.40. The summed E-state index contributed by atoms with van der Waals surface area (Å²) in [6.45, 7) is 0. The van der Waals surface area contributed by atoms with Crippen LogP contribution in [0.25, 0.3) is 27.9 Å². The van der Waals surface area contributed by atoms with Crippen molar-refractivity contribution in [3.05, 3.63) is 53.8 Å². The van der Waals surface area contributed by atoms with Gasteiger partial charge < -0.3 is 0 Å². The Morgan fingerprint density at radius 2 is 1.90 bits per heavy atom. The molecule has 3 heterocycles. The lowest BCUT2D eigenvalue weighted by atomic mass is 10.1. The molecule has 0 fully saturated rings. The number of hydrogen-bond donors (Lipinski definition) is 0. The van der Waals surface area contributed by atoms with Crippen LogP contribution in [0.5, 0.6) is 0 Å². The molecule has 0 spiro atoms. The topological polar surface area (TPSA) is 56.0 Å². The fourth-order valence-electron chi connectivity index (χ4n) is 2.23. The summed E-state index contributed by atoms with van der Waals surface area (Å²) >= 11 is 5.95. The highest BCUT2D eigenvalue weighted by molar-refractivity contribution is 6.29. The van der Waals surface area contributed by atoms with Crippen LogP contribution in [-0.4, -0.2) is 24.8 Å². The third kappa shape index (κ3) is 1.64. The summed E-state index contributed by atoms with van der Waals surface area (Å²) in [6, 6.07) is 13.3. The largest absolute Gasteiger partial charge is 0.256 e. The van der Waals surface area contributed by atoms with Crippen molar-refractivity contribution >= 4 is 28.2 Å². The van der Waals surface area contributed by atoms with E-state index in [2.05, 4.69) is 20.3 Å². The summed E-state index contributed by atoms with van der Waals surface area (Å²) in [5.74, 6) is 0.654. The number of hydrogen-bond acceptors (Lipinski definition) is 4. The summed E-state index contributed by atoms with van der Waals surface area (Å²) in [7, 11) is 0. The van der Waals surface area contributed by atoms with Gasteiger partial charge in [0, 0.05) is 17.1 Å². The number of fused-ring (bicyclic) bond motifs is 2. The molecule has 0 aliphatic carbocycles. The number of pyridine rings is 1. The maximum atomic E-state index is 5.95. The first-order valence-corrected chi connectivity index (χ1v) is 6.43. The minimum absolute atomic E-state index is 0.400. The van der Waals surface area contributed by atoms with Gasteiger partial charge in [-0.2, -0.15) is 9.61 Å². The molecule has 0 radical (unpaired) electrons. The second kappa shape index (κ2) is 4.25. The van der Waals surface area contributed by atoms with Crippen LogP contribution >= 0.6 is 11.6 Å². The van der Waals surface area contributed by atoms with Gasteiger partial charge in [-0.1, -0.05) is 29.8 Å². The van der Waals surface area contributed by atoms with Crippen LogP contribution in [-0.2, 0) is 0 Å². The van der Waals surface area contributed by atoms with Crippen LogP contribution in [0.2, 0.25) is 5.15 Å². The molecule has 0 aliphatic rings. The molecule has 0 saturated heterocycles. The third-order valence-corrected chi connectivity index (χ3v) is 3.32. The number of benzene rings is 1. The van der Waals surface area contributed by atoms with Gasteiger partial charge in [0.2, 0.25) is 0 Å². The zero-order valence-corrected chi connectivity index (χ0v) is 11.0. The molecule has 0 bridgehead atoms. The summed E-state index contributed by atoms with van der Waals surface area (Å²) in [5.41, 5.74) is 2.49. The average molecular weight is 282 g/mol. The molecule has 0 unspecified atom stereocenters. The molecule has 0 N–H and O–H groups in total. The third-order valence-electron chi connectivity index (χ3n) is 3.12. The summed E-state index contributed by atoms with van der Waals surface area (Å²) in [5, 5.41) is 14.0. The molecule has 4 rings (SSSR count). The predicted octanol–water partition coefficient (Wildman–Crippen LogP) is 2.99. The fourth-order valence-corrected chi connectivity index (χ4v) is 2.37. The van der Waals surface area contributed by atoms with Crippen molar-refractivity contribution < 1.29 is 0 Å². The number of nitrogens with zero attached hydrogens (tertiary/aromatic N) is 5. The van der Waals surface area contributed by atoms with Crippen LogP contribution in [0.1, 0.15) is 0 Å². The zero-order valence-electron chi connectivity index (χ0n) is 10.2. The highest BCUT2D eigenvalue weighted by Gasteiger charge is 2.12. The Morgan fingerprint density at radius 1 is 0.950 bits per heavy atom. The van der Waals surface area contributed by atoms with E-state index in [1.165, 1.54) is 0 Å². The highest BCUT2D eigenvalue weighted by Crippen LogP contribution is 2.26. The first-order chi connectivity index (χ1) is 9.83. The van der Waals surface area contributed by atoms with E-state index in [1.54, 1.807) is 22.8 Å². The Bertz CT molecular complexity index is 926. The summed E-state index contributed by atoms with van der Waals surface area (Å²) in [6.07, 6.45) is 1.77. The zero-order chi connectivity index (χ0) is 13.5. The Hall–Kier alpha value is -2.53. The molecule has 0 saturated carbocycles. The fraction of sp³-hybridized carbons (Fsp3) is 0. The first-order valence-electron chi connectivity index (χ1n) is 6.05. The number of aromatic nitrogens is 5. The normalized spacial score (nSPS) is 11.2. The van der Waals surface area contributed by atoms with Gasteiger partial charge in [0.05, 0.1) is 5.52 Å². The van der Waals surface area contributed by atoms with E-state index in [1.807, 2.05) is 30.3 Å². The summed E-state index contributed by atoms with van der Waals surface area (Å²) < 4.78 is 1.64. The van der Waals surface area contributed by atoms with Crippen molar-refractivity contribution in [3.63, 3.8) is 0 Å². The van der Waals surface area contributed by atoms with Crippen LogP contribution in [0.3, 0.4) is 0 Å². The Balaban J connectivity index is 2.09. The molecule has 0 atom stereocenters. The quantitative estimate of drug-likeness (QED) is 0.538. The maximum Gasteiger partial charge on any atom is 0.186 e. The number of halogens is 1. The lowest BCUT2D eigenvalue weighted by Gasteiger charge is -2.03. The molecule has 1 aromatic carbocycles. The van der Waals surface area contributed by atoms with Gasteiger partial charge in [0.1, 0.15) is 5.15 Å². The van der Waals surface area contributed by atoms with Gasteiger partial charge in [-0.05, 0) is 24.3 Å². The van der Waals surface area contributed by atoms with Crippen LogP contribution in [0.15, 0.2) is 48.7 Å². The van der Waals surface area contributed by atoms with Crippen molar-refractivity contribution in [2.24, 2.45) is 0 Å². The molecule has 4 aromatic rings. The second-order valence-corrected chi connectivity index (χ2v) is 4.71. The van der Waals surface area contributed by atoms with Gasteiger partial charge >= 0.3 is 0 Å². The minimum atomic E-state index is 0.400. The molecule has 20 heavy (non-hydrogen) atoms. The van der Waals surface area contributed by atoms with E-state index in [0.29, 0.717) is 16.6 Å². The Labute approximate surface area is 118 Å². The smallest absolute Gasteiger partial charge is 0.186 e. The van der Waals surface area contributed by atoms with Crippen LogP contribution < -0.4 is 0 Å². The van der Waals surface area contributed by atoms with Gasteiger partial charge in [-0.3, -0.25) is 4.98 Å². The van der Waals surface area contributed by atoms with Gasteiger partial charge in [0.15, 0.2) is 11.5 Å². The van der Waals surface area contributed by atoms with E-state index < -0.39 is 0 Å². The lowest BCUT2D eigenvalue weighted by Crippen LogP contribution is -1.95. The minimum Gasteiger partial charge on any atom is -0.256 e. The highest BCUT2D eigenvalue weighted by atomic mass is 35.5. The average Bonchev–Trinajstić information content (AvgIpc) is 2.89. The monoisotopic (exact) mass is 281 g/mol. The van der Waals surface area contributed by atoms with Gasteiger partial charge in [-0.25, -0.2) is 0 Å². The number of rotatable bonds is 1. The van der Waals surface area contributed by atoms with E-state index in [9.17, 15) is 0 Å². The van der Waals surface area contributed by atoms with E-state index in [4.69, 9.17) is 11.6 Å². The molecule has 0 amide bonds.